The van der Waals surface area contributed by atoms with Crippen LogP contribution in [0.1, 0.15) is 33.5 Å². The van der Waals surface area contributed by atoms with Gasteiger partial charge in [0.1, 0.15) is 5.76 Å². The topological polar surface area (TPSA) is 52.3 Å². The van der Waals surface area contributed by atoms with Crippen LogP contribution in [0.15, 0.2) is 80.5 Å². The van der Waals surface area contributed by atoms with E-state index in [2.05, 4.69) is 34.7 Å². The smallest absolute Gasteiger partial charge is 0.344 e. The number of benzene rings is 1. The van der Waals surface area contributed by atoms with Crippen LogP contribution >= 0.6 is 0 Å². The van der Waals surface area contributed by atoms with E-state index in [0.29, 0.717) is 17.2 Å². The lowest BCUT2D eigenvalue weighted by molar-refractivity contribution is 0.209. The van der Waals surface area contributed by atoms with Crippen LogP contribution in [0.5, 0.6) is 0 Å². The lowest BCUT2D eigenvalue weighted by atomic mass is 10.1. The maximum Gasteiger partial charge on any atom is 0.344 e. The van der Waals surface area contributed by atoms with Gasteiger partial charge in [0.15, 0.2) is 0 Å². The van der Waals surface area contributed by atoms with Crippen LogP contribution in [0.3, 0.4) is 0 Å². The Morgan fingerprint density at radius 2 is 1.82 bits per heavy atom. The minimum absolute atomic E-state index is 0.306. The molecule has 0 N–H and O–H groups in total. The Bertz CT molecular complexity index is 1300. The molecule has 1 saturated heterocycles. The predicted molar refractivity (Wildman–Crippen MR) is 135 cm³/mol. The summed E-state index contributed by atoms with van der Waals surface area (Å²) < 4.78 is 5.81. The molecular weight excluding hydrogens is 412 g/mol. The molecule has 33 heavy (non-hydrogen) atoms. The molecule has 0 bridgehead atoms. The van der Waals surface area contributed by atoms with Crippen molar-refractivity contribution >= 4 is 27.7 Å². The lowest BCUT2D eigenvalue weighted by Gasteiger charge is -2.38. The lowest BCUT2D eigenvalue weighted by Crippen LogP contribution is -2.48. The zero-order valence-corrected chi connectivity index (χ0v) is 19.7. The van der Waals surface area contributed by atoms with Crippen molar-refractivity contribution in [3.8, 4) is 0 Å². The van der Waals surface area contributed by atoms with Crippen LogP contribution in [0.4, 0.5) is 5.69 Å². The SMILES string of the molecule is CC1=CN2C=C(c3cc4ccc(N5CCN(C(C)C)CC5)cc4c(=O)o3)C=CC=C2C(C)=N1. The summed E-state index contributed by atoms with van der Waals surface area (Å²) in [7, 11) is 0. The van der Waals surface area contributed by atoms with Crippen molar-refractivity contribution in [2.45, 2.75) is 33.7 Å². The number of hydrogen-bond donors (Lipinski definition) is 0. The maximum atomic E-state index is 13.0. The summed E-state index contributed by atoms with van der Waals surface area (Å²) in [4.78, 5) is 24.4. The fourth-order valence-electron chi connectivity index (χ4n) is 4.71. The van der Waals surface area contributed by atoms with Gasteiger partial charge >= 0.3 is 5.63 Å². The van der Waals surface area contributed by atoms with Crippen molar-refractivity contribution in [2.24, 2.45) is 4.99 Å². The maximum absolute atomic E-state index is 13.0. The number of fused-ring (bicyclic) bond motifs is 2. The molecule has 3 aliphatic rings. The summed E-state index contributed by atoms with van der Waals surface area (Å²) in [6.07, 6.45) is 9.93. The second-order valence-corrected chi connectivity index (χ2v) is 9.16. The highest BCUT2D eigenvalue weighted by Crippen LogP contribution is 2.28. The van der Waals surface area contributed by atoms with E-state index in [-0.39, 0.29) is 5.63 Å². The molecule has 0 atom stereocenters. The number of allylic oxidation sites excluding steroid dienone is 6. The highest BCUT2D eigenvalue weighted by Gasteiger charge is 2.20. The molecule has 2 aromatic rings. The molecular formula is C27H30N4O2. The summed E-state index contributed by atoms with van der Waals surface area (Å²) in [6.45, 7) is 12.4. The third-order valence-electron chi connectivity index (χ3n) is 6.57. The number of nitrogens with zero attached hydrogens (tertiary/aromatic N) is 4. The molecule has 0 radical (unpaired) electrons. The standard InChI is InChI=1S/C27H30N4O2/c1-18(2)29-10-12-30(13-11-29)23-9-8-21-14-26(33-27(32)24(21)15-23)22-6-5-7-25-20(4)28-19(3)16-31(25)17-22/h5-9,14-18H,10-13H2,1-4H3. The van der Waals surface area contributed by atoms with E-state index in [1.54, 1.807) is 0 Å². The zero-order chi connectivity index (χ0) is 23.1. The summed E-state index contributed by atoms with van der Waals surface area (Å²) in [5.41, 5.74) is 4.52. The highest BCUT2D eigenvalue weighted by atomic mass is 16.4. The van der Waals surface area contributed by atoms with E-state index >= 15 is 0 Å². The molecule has 6 heteroatoms. The molecule has 5 rings (SSSR count). The molecule has 1 fully saturated rings. The first-order valence-corrected chi connectivity index (χ1v) is 11.6. The molecule has 0 unspecified atom stereocenters. The third-order valence-corrected chi connectivity index (χ3v) is 6.57. The van der Waals surface area contributed by atoms with Crippen LogP contribution in [0.2, 0.25) is 0 Å². The van der Waals surface area contributed by atoms with E-state index < -0.39 is 0 Å². The quantitative estimate of drug-likeness (QED) is 0.686. The first-order valence-electron chi connectivity index (χ1n) is 11.6. The number of rotatable bonds is 3. The fourth-order valence-corrected chi connectivity index (χ4v) is 4.71. The number of piperazine rings is 1. The van der Waals surface area contributed by atoms with E-state index in [0.717, 1.165) is 59.9 Å². The molecule has 0 aliphatic carbocycles. The van der Waals surface area contributed by atoms with Crippen molar-refractivity contribution in [2.75, 3.05) is 31.1 Å². The van der Waals surface area contributed by atoms with Gasteiger partial charge in [-0.05, 0) is 63.4 Å². The number of anilines is 1. The normalized spacial score (nSPS) is 19.2. The van der Waals surface area contributed by atoms with Gasteiger partial charge in [-0.1, -0.05) is 12.1 Å². The molecule has 170 valence electrons. The molecule has 0 spiro atoms. The second kappa shape index (κ2) is 8.52. The zero-order valence-electron chi connectivity index (χ0n) is 19.7. The summed E-state index contributed by atoms with van der Waals surface area (Å²) >= 11 is 0. The van der Waals surface area contributed by atoms with E-state index in [4.69, 9.17) is 4.42 Å². The second-order valence-electron chi connectivity index (χ2n) is 9.16. The van der Waals surface area contributed by atoms with Crippen molar-refractivity contribution < 1.29 is 4.42 Å². The Balaban J connectivity index is 1.45. The minimum Gasteiger partial charge on any atom is -0.422 e. The van der Waals surface area contributed by atoms with Crippen LogP contribution in [0, 0.1) is 0 Å². The largest absolute Gasteiger partial charge is 0.422 e. The van der Waals surface area contributed by atoms with E-state index in [1.807, 2.05) is 67.6 Å². The Kier molecular flexibility index (Phi) is 5.54. The van der Waals surface area contributed by atoms with Crippen LogP contribution < -0.4 is 10.5 Å². The fraction of sp³-hybridized carbons (Fsp3) is 0.333. The molecule has 0 saturated carbocycles. The molecule has 0 amide bonds. The molecule has 4 heterocycles. The summed E-state index contributed by atoms with van der Waals surface area (Å²) in [5.74, 6) is 0.558. The Morgan fingerprint density at radius 3 is 2.58 bits per heavy atom. The molecule has 1 aromatic carbocycles. The van der Waals surface area contributed by atoms with Gasteiger partial charge in [-0.25, -0.2) is 4.79 Å². The van der Waals surface area contributed by atoms with Crippen molar-refractivity contribution in [3.63, 3.8) is 0 Å². The molecule has 1 aromatic heterocycles. The van der Waals surface area contributed by atoms with Gasteiger partial charge in [0.2, 0.25) is 0 Å². The Labute approximate surface area is 194 Å². The van der Waals surface area contributed by atoms with E-state index in [9.17, 15) is 4.79 Å². The monoisotopic (exact) mass is 442 g/mol. The van der Waals surface area contributed by atoms with Crippen LogP contribution in [-0.2, 0) is 0 Å². The average molecular weight is 443 g/mol. The first-order chi connectivity index (χ1) is 15.9. The highest BCUT2D eigenvalue weighted by molar-refractivity contribution is 6.00. The van der Waals surface area contributed by atoms with Gasteiger partial charge in [-0.2, -0.15) is 0 Å². The van der Waals surface area contributed by atoms with Gasteiger partial charge in [0.25, 0.3) is 0 Å². The molecule has 3 aliphatic heterocycles. The van der Waals surface area contributed by atoms with Gasteiger partial charge in [-0.3, -0.25) is 9.89 Å². The van der Waals surface area contributed by atoms with E-state index in [1.165, 1.54) is 0 Å². The summed E-state index contributed by atoms with van der Waals surface area (Å²) in [5, 5.41) is 1.51. The summed E-state index contributed by atoms with van der Waals surface area (Å²) in [6, 6.07) is 8.65. The van der Waals surface area contributed by atoms with Gasteiger partial charge in [-0.15, -0.1) is 0 Å². The van der Waals surface area contributed by atoms with Crippen molar-refractivity contribution in [1.29, 1.82) is 0 Å². The van der Waals surface area contributed by atoms with Gasteiger partial charge < -0.3 is 14.2 Å². The van der Waals surface area contributed by atoms with Crippen molar-refractivity contribution in [3.05, 3.63) is 82.5 Å². The van der Waals surface area contributed by atoms with Gasteiger partial charge in [0.05, 0.1) is 22.5 Å². The first kappa shape index (κ1) is 21.5. The minimum atomic E-state index is -0.306. The number of hydrogen-bond acceptors (Lipinski definition) is 6. The van der Waals surface area contributed by atoms with Crippen LogP contribution in [-0.4, -0.2) is 47.7 Å². The third kappa shape index (κ3) is 4.18. The predicted octanol–water partition coefficient (Wildman–Crippen LogP) is 4.76. The average Bonchev–Trinajstić information content (AvgIpc) is 3.01. The van der Waals surface area contributed by atoms with Gasteiger partial charge in [0, 0.05) is 55.9 Å². The Hall–Kier alpha value is -3.38. The van der Waals surface area contributed by atoms with Crippen molar-refractivity contribution in [1.82, 2.24) is 9.80 Å². The number of aliphatic imine (C=N–C) groups is 1. The Morgan fingerprint density at radius 1 is 1.03 bits per heavy atom. The van der Waals surface area contributed by atoms with Crippen LogP contribution in [0.25, 0.3) is 16.3 Å². The molecule has 6 nitrogen and oxygen atoms in total.